The van der Waals surface area contributed by atoms with E-state index in [4.69, 9.17) is 0 Å². The molecular formula is C36H38B2N2. The summed E-state index contributed by atoms with van der Waals surface area (Å²) in [5.41, 5.74) is 13.8. The van der Waals surface area contributed by atoms with Gasteiger partial charge in [0.1, 0.15) is 0 Å². The van der Waals surface area contributed by atoms with E-state index in [9.17, 15) is 0 Å². The predicted octanol–water partition coefficient (Wildman–Crippen LogP) is 7.98. The Hall–Kier alpha value is -3.59. The summed E-state index contributed by atoms with van der Waals surface area (Å²) in [5, 5.41) is 0. The molecule has 0 aromatic heterocycles. The van der Waals surface area contributed by atoms with E-state index in [-0.39, 0.29) is 0 Å². The number of benzene rings is 4. The number of fused-ring (bicyclic) bond motifs is 2. The molecule has 4 heteroatoms. The Kier molecular flexibility index (Phi) is 7.16. The lowest BCUT2D eigenvalue weighted by Crippen LogP contribution is -2.61. The lowest BCUT2D eigenvalue weighted by atomic mass is 9.10. The van der Waals surface area contributed by atoms with E-state index < -0.39 is 0 Å². The van der Waals surface area contributed by atoms with E-state index in [1.807, 2.05) is 0 Å². The van der Waals surface area contributed by atoms with E-state index in [2.05, 4.69) is 161 Å². The Morgan fingerprint density at radius 3 is 1.20 bits per heavy atom. The molecule has 4 aromatic carbocycles. The van der Waals surface area contributed by atoms with Gasteiger partial charge in [-0.2, -0.15) is 0 Å². The highest BCUT2D eigenvalue weighted by atomic mass is 15.0. The zero-order valence-electron chi connectivity index (χ0n) is 24.6. The Labute approximate surface area is 241 Å². The summed E-state index contributed by atoms with van der Waals surface area (Å²) in [6, 6.07) is 35.4. The van der Waals surface area contributed by atoms with Crippen LogP contribution in [-0.2, 0) is 0 Å². The van der Waals surface area contributed by atoms with Crippen molar-refractivity contribution in [3.05, 3.63) is 130 Å². The second kappa shape index (κ2) is 10.8. The van der Waals surface area contributed by atoms with Crippen LogP contribution in [0, 0.1) is 0 Å². The lowest BCUT2D eigenvalue weighted by molar-refractivity contribution is 0.604. The van der Waals surface area contributed by atoms with Crippen molar-refractivity contribution in [3.8, 4) is 22.3 Å². The first kappa shape index (κ1) is 26.6. The van der Waals surface area contributed by atoms with E-state index in [1.165, 1.54) is 55.7 Å². The van der Waals surface area contributed by atoms with Crippen LogP contribution in [0.15, 0.2) is 108 Å². The molecule has 2 nitrogen and oxygen atoms in total. The highest BCUT2D eigenvalue weighted by molar-refractivity contribution is 7.21. The third-order valence-electron chi connectivity index (χ3n) is 9.07. The molecule has 0 saturated carbocycles. The van der Waals surface area contributed by atoms with Gasteiger partial charge in [0.05, 0.1) is 0 Å². The van der Waals surface area contributed by atoms with E-state index in [0.717, 1.165) is 0 Å². The summed E-state index contributed by atoms with van der Waals surface area (Å²) in [6.45, 7) is 5.25. The molecule has 0 saturated heterocycles. The summed E-state index contributed by atoms with van der Waals surface area (Å²) in [7, 11) is 9.07. The zero-order valence-corrected chi connectivity index (χ0v) is 24.6. The number of allylic oxidation sites excluding steroid dienone is 2. The molecule has 0 amide bonds. The van der Waals surface area contributed by atoms with Crippen LogP contribution in [0.25, 0.3) is 34.4 Å². The predicted molar refractivity (Wildman–Crippen MR) is 175 cm³/mol. The molecule has 0 bridgehead atoms. The van der Waals surface area contributed by atoms with Crippen molar-refractivity contribution in [2.45, 2.75) is 25.5 Å². The van der Waals surface area contributed by atoms with Gasteiger partial charge in [-0.3, -0.25) is 0 Å². The van der Waals surface area contributed by atoms with Crippen molar-refractivity contribution in [3.63, 3.8) is 0 Å². The van der Waals surface area contributed by atoms with E-state index >= 15 is 0 Å². The molecule has 40 heavy (non-hydrogen) atoms. The Bertz CT molecular complexity index is 1470. The quantitative estimate of drug-likeness (QED) is 0.228. The lowest BCUT2D eigenvalue weighted by Gasteiger charge is -2.40. The standard InChI is InChI=1S/C36H38B2N2/c1-25-23-33-29(27-15-9-7-10-16-27)19-13-21-31(33)35(25)37(39(3)4)38(40(5)6)36-26(2)24-34-30(20-14-22-32(34)36)28-17-11-8-12-18-28/h7-24,35-36H,1-6H3. The fourth-order valence-corrected chi connectivity index (χ4v) is 7.40. The van der Waals surface area contributed by atoms with Crippen LogP contribution in [0.5, 0.6) is 0 Å². The molecule has 2 unspecified atom stereocenters. The molecule has 0 fully saturated rings. The van der Waals surface area contributed by atoms with Gasteiger partial charge in [-0.1, -0.05) is 120 Å². The molecule has 4 aromatic rings. The highest BCUT2D eigenvalue weighted by Gasteiger charge is 2.49. The normalized spacial score (nSPS) is 17.5. The molecule has 2 aliphatic carbocycles. The van der Waals surface area contributed by atoms with Gasteiger partial charge in [-0.05, 0) is 98.2 Å². The number of nitrogens with zero attached hydrogens (tertiary/aromatic N) is 2. The van der Waals surface area contributed by atoms with Crippen LogP contribution in [-0.4, -0.2) is 51.3 Å². The second-order valence-corrected chi connectivity index (χ2v) is 12.0. The summed E-state index contributed by atoms with van der Waals surface area (Å²) in [5.74, 6) is 0.630. The number of rotatable bonds is 7. The molecule has 0 N–H and O–H groups in total. The van der Waals surface area contributed by atoms with Gasteiger partial charge in [-0.25, -0.2) is 0 Å². The molecular weight excluding hydrogens is 482 g/mol. The van der Waals surface area contributed by atoms with Crippen molar-refractivity contribution in [1.29, 1.82) is 0 Å². The molecule has 198 valence electrons. The van der Waals surface area contributed by atoms with Gasteiger partial charge in [0.15, 0.2) is 0 Å². The first-order valence-electron chi connectivity index (χ1n) is 14.4. The van der Waals surface area contributed by atoms with Crippen LogP contribution in [0.3, 0.4) is 0 Å². The Morgan fingerprint density at radius 1 is 0.475 bits per heavy atom. The average molecular weight is 520 g/mol. The van der Waals surface area contributed by atoms with Crippen molar-refractivity contribution in [1.82, 2.24) is 9.62 Å². The van der Waals surface area contributed by atoms with Crippen molar-refractivity contribution < 1.29 is 0 Å². The minimum absolute atomic E-state index is 0.290. The highest BCUT2D eigenvalue weighted by Crippen LogP contribution is 2.47. The summed E-state index contributed by atoms with van der Waals surface area (Å²) >= 11 is 0. The zero-order chi connectivity index (χ0) is 28.0. The third kappa shape index (κ3) is 4.50. The van der Waals surface area contributed by atoms with Crippen LogP contribution >= 0.6 is 0 Å². The minimum Gasteiger partial charge on any atom is -0.351 e. The van der Waals surface area contributed by atoms with E-state index in [1.54, 1.807) is 0 Å². The van der Waals surface area contributed by atoms with Gasteiger partial charge in [0.2, 0.25) is 13.5 Å². The fourth-order valence-electron chi connectivity index (χ4n) is 7.40. The van der Waals surface area contributed by atoms with Gasteiger partial charge in [0, 0.05) is 0 Å². The molecule has 2 aliphatic rings. The maximum absolute atomic E-state index is 2.48. The van der Waals surface area contributed by atoms with Crippen LogP contribution in [0.4, 0.5) is 0 Å². The third-order valence-corrected chi connectivity index (χ3v) is 9.07. The smallest absolute Gasteiger partial charge is 0.220 e. The van der Waals surface area contributed by atoms with Gasteiger partial charge < -0.3 is 9.62 Å². The molecule has 0 heterocycles. The minimum atomic E-state index is 0.290. The van der Waals surface area contributed by atoms with E-state index in [0.29, 0.717) is 25.1 Å². The second-order valence-electron chi connectivity index (χ2n) is 12.0. The number of hydrogen-bond acceptors (Lipinski definition) is 2. The van der Waals surface area contributed by atoms with Crippen molar-refractivity contribution in [2.24, 2.45) is 0 Å². The molecule has 0 spiro atoms. The van der Waals surface area contributed by atoms with Gasteiger partial charge >= 0.3 is 0 Å². The fraction of sp³-hybridized carbons (Fsp3) is 0.222. The van der Waals surface area contributed by atoms with Crippen molar-refractivity contribution in [2.75, 3.05) is 28.2 Å². The molecule has 2 atom stereocenters. The number of hydrogen-bond donors (Lipinski definition) is 0. The molecule has 0 aliphatic heterocycles. The SMILES string of the molecule is CC1=Cc2c(-c3ccccc3)cccc2C1B(B(C1C(C)=Cc2c(-c3ccccc3)cccc21)N(C)C)N(C)C. The van der Waals surface area contributed by atoms with Crippen molar-refractivity contribution >= 4 is 25.6 Å². The maximum Gasteiger partial charge on any atom is 0.220 e. The average Bonchev–Trinajstić information content (AvgIpc) is 3.47. The first-order chi connectivity index (χ1) is 19.4. The van der Waals surface area contributed by atoms with Gasteiger partial charge in [-0.15, -0.1) is 0 Å². The summed E-state index contributed by atoms with van der Waals surface area (Å²) in [4.78, 5) is 4.95. The topological polar surface area (TPSA) is 6.48 Å². The largest absolute Gasteiger partial charge is 0.351 e. The van der Waals surface area contributed by atoms with Crippen LogP contribution < -0.4 is 0 Å². The Morgan fingerprint density at radius 2 is 0.850 bits per heavy atom. The van der Waals surface area contributed by atoms with Gasteiger partial charge in [0.25, 0.3) is 0 Å². The Balaban J connectivity index is 1.46. The molecule has 6 rings (SSSR count). The molecule has 0 radical (unpaired) electrons. The monoisotopic (exact) mass is 520 g/mol. The summed E-state index contributed by atoms with van der Waals surface area (Å²) in [6.07, 6.45) is 4.90. The van der Waals surface area contributed by atoms with Crippen LogP contribution in [0.1, 0.15) is 47.7 Å². The maximum atomic E-state index is 2.48. The first-order valence-corrected chi connectivity index (χ1v) is 14.4. The van der Waals surface area contributed by atoms with Crippen LogP contribution in [0.2, 0.25) is 0 Å². The summed E-state index contributed by atoms with van der Waals surface area (Å²) < 4.78 is 0.